The highest BCUT2D eigenvalue weighted by Crippen LogP contribution is 2.40. The Hall–Kier alpha value is -1.85. The first kappa shape index (κ1) is 14.1. The molecular weight excluding hydrogens is 359 g/mol. The van der Waals surface area contributed by atoms with Crippen molar-refractivity contribution in [2.75, 3.05) is 5.73 Å². The SMILES string of the molecule is Nc1noc(-c2c(F)cccc2Br)c1-c1ccc(Cl)cc1. The molecular formula is C15H9BrClFN2O. The maximum Gasteiger partial charge on any atom is 0.181 e. The number of nitrogens with two attached hydrogens (primary N) is 1. The third kappa shape index (κ3) is 2.54. The fourth-order valence-corrected chi connectivity index (χ4v) is 2.73. The van der Waals surface area contributed by atoms with Crippen LogP contribution in [0.5, 0.6) is 0 Å². The van der Waals surface area contributed by atoms with Crippen LogP contribution in [0.3, 0.4) is 0 Å². The van der Waals surface area contributed by atoms with E-state index in [0.717, 1.165) is 5.56 Å². The summed E-state index contributed by atoms with van der Waals surface area (Å²) in [5.41, 5.74) is 7.45. The van der Waals surface area contributed by atoms with E-state index >= 15 is 0 Å². The third-order valence-corrected chi connectivity index (χ3v) is 3.95. The van der Waals surface area contributed by atoms with Gasteiger partial charge in [0.05, 0.1) is 11.1 Å². The summed E-state index contributed by atoms with van der Waals surface area (Å²) >= 11 is 9.20. The monoisotopic (exact) mass is 366 g/mol. The molecule has 0 amide bonds. The second kappa shape index (κ2) is 5.50. The molecule has 0 unspecified atom stereocenters. The summed E-state index contributed by atoms with van der Waals surface area (Å²) in [5, 5.41) is 4.36. The Balaban J connectivity index is 2.24. The zero-order chi connectivity index (χ0) is 15.0. The number of hydrogen-bond donors (Lipinski definition) is 1. The molecule has 0 aliphatic rings. The van der Waals surface area contributed by atoms with E-state index in [1.165, 1.54) is 6.07 Å². The number of anilines is 1. The van der Waals surface area contributed by atoms with Crippen LogP contribution in [0.1, 0.15) is 0 Å². The minimum Gasteiger partial charge on any atom is -0.380 e. The summed E-state index contributed by atoms with van der Waals surface area (Å²) < 4.78 is 19.9. The van der Waals surface area contributed by atoms with Gasteiger partial charge in [-0.2, -0.15) is 0 Å². The highest BCUT2D eigenvalue weighted by Gasteiger charge is 2.22. The standard InChI is InChI=1S/C15H9BrClFN2O/c16-10-2-1-3-11(18)13(10)14-12(15(19)20-21-14)8-4-6-9(17)7-5-8/h1-7H,(H2,19,20). The van der Waals surface area contributed by atoms with E-state index in [4.69, 9.17) is 21.9 Å². The summed E-state index contributed by atoms with van der Waals surface area (Å²) in [6.45, 7) is 0. The number of nitrogens with zero attached hydrogens (tertiary/aromatic N) is 1. The van der Waals surface area contributed by atoms with Crippen LogP contribution < -0.4 is 5.73 Å². The number of halogens is 3. The number of hydrogen-bond acceptors (Lipinski definition) is 3. The van der Waals surface area contributed by atoms with Crippen molar-refractivity contribution in [1.29, 1.82) is 0 Å². The van der Waals surface area contributed by atoms with Gasteiger partial charge in [-0.25, -0.2) is 4.39 Å². The summed E-state index contributed by atoms with van der Waals surface area (Å²) in [4.78, 5) is 0. The predicted octanol–water partition coefficient (Wildman–Crippen LogP) is 5.15. The van der Waals surface area contributed by atoms with Gasteiger partial charge in [-0.1, -0.05) is 35.0 Å². The summed E-state index contributed by atoms with van der Waals surface area (Å²) in [6.07, 6.45) is 0. The van der Waals surface area contributed by atoms with Crippen LogP contribution in [0.25, 0.3) is 22.5 Å². The predicted molar refractivity (Wildman–Crippen MR) is 84.5 cm³/mol. The van der Waals surface area contributed by atoms with E-state index in [0.29, 0.717) is 15.1 Å². The molecule has 0 bridgehead atoms. The fraction of sp³-hybridized carbons (Fsp3) is 0. The minimum atomic E-state index is -0.421. The van der Waals surface area contributed by atoms with Crippen molar-refractivity contribution in [3.05, 3.63) is 57.8 Å². The van der Waals surface area contributed by atoms with E-state index < -0.39 is 5.82 Å². The van der Waals surface area contributed by atoms with Crippen LogP contribution in [-0.2, 0) is 0 Å². The van der Waals surface area contributed by atoms with E-state index in [9.17, 15) is 4.39 Å². The topological polar surface area (TPSA) is 52.0 Å². The van der Waals surface area contributed by atoms with Gasteiger partial charge in [0.1, 0.15) is 5.82 Å². The first-order valence-electron chi connectivity index (χ1n) is 6.03. The van der Waals surface area contributed by atoms with Crippen molar-refractivity contribution >= 4 is 33.3 Å². The molecule has 6 heteroatoms. The average molecular weight is 368 g/mol. The normalized spacial score (nSPS) is 10.8. The van der Waals surface area contributed by atoms with Crippen molar-refractivity contribution in [1.82, 2.24) is 5.16 Å². The maximum atomic E-state index is 14.1. The lowest BCUT2D eigenvalue weighted by Gasteiger charge is -2.06. The van der Waals surface area contributed by atoms with Gasteiger partial charge in [-0.05, 0) is 45.8 Å². The molecule has 1 heterocycles. The zero-order valence-electron chi connectivity index (χ0n) is 10.6. The Morgan fingerprint density at radius 2 is 1.81 bits per heavy atom. The molecule has 0 fully saturated rings. The van der Waals surface area contributed by atoms with Gasteiger partial charge >= 0.3 is 0 Å². The summed E-state index contributed by atoms with van der Waals surface area (Å²) in [7, 11) is 0. The average Bonchev–Trinajstić information content (AvgIpc) is 2.82. The number of nitrogen functional groups attached to an aromatic ring is 1. The van der Waals surface area contributed by atoms with Crippen LogP contribution >= 0.6 is 27.5 Å². The van der Waals surface area contributed by atoms with E-state index in [1.54, 1.807) is 36.4 Å². The number of benzene rings is 2. The smallest absolute Gasteiger partial charge is 0.181 e. The van der Waals surface area contributed by atoms with Crippen molar-refractivity contribution in [2.45, 2.75) is 0 Å². The molecule has 21 heavy (non-hydrogen) atoms. The van der Waals surface area contributed by atoms with Crippen molar-refractivity contribution in [2.24, 2.45) is 0 Å². The second-order valence-electron chi connectivity index (χ2n) is 4.38. The van der Waals surface area contributed by atoms with Crippen LogP contribution in [-0.4, -0.2) is 5.16 Å². The molecule has 2 N–H and O–H groups in total. The number of aromatic nitrogens is 1. The third-order valence-electron chi connectivity index (χ3n) is 3.04. The molecule has 0 saturated heterocycles. The first-order valence-corrected chi connectivity index (χ1v) is 7.20. The Morgan fingerprint density at radius 3 is 2.48 bits per heavy atom. The number of rotatable bonds is 2. The molecule has 0 saturated carbocycles. The molecule has 1 aromatic heterocycles. The van der Waals surface area contributed by atoms with Crippen LogP contribution in [0.2, 0.25) is 5.02 Å². The fourth-order valence-electron chi connectivity index (χ4n) is 2.08. The Kier molecular flexibility index (Phi) is 3.69. The van der Waals surface area contributed by atoms with Crippen molar-refractivity contribution in [3.8, 4) is 22.5 Å². The molecule has 0 aliphatic heterocycles. The highest BCUT2D eigenvalue weighted by atomic mass is 79.9. The lowest BCUT2D eigenvalue weighted by molar-refractivity contribution is 0.433. The Bertz CT molecular complexity index is 782. The Morgan fingerprint density at radius 1 is 1.10 bits per heavy atom. The largest absolute Gasteiger partial charge is 0.380 e. The second-order valence-corrected chi connectivity index (χ2v) is 5.67. The van der Waals surface area contributed by atoms with Crippen LogP contribution in [0, 0.1) is 5.82 Å². The Labute approximate surface area is 133 Å². The lowest BCUT2D eigenvalue weighted by atomic mass is 10.0. The molecule has 3 aromatic rings. The van der Waals surface area contributed by atoms with Gasteiger partial charge in [0, 0.05) is 9.50 Å². The van der Waals surface area contributed by atoms with Gasteiger partial charge in [0.2, 0.25) is 0 Å². The lowest BCUT2D eigenvalue weighted by Crippen LogP contribution is -1.90. The molecule has 106 valence electrons. The molecule has 0 atom stereocenters. The zero-order valence-corrected chi connectivity index (χ0v) is 13.0. The molecule has 2 aromatic carbocycles. The molecule has 0 radical (unpaired) electrons. The van der Waals surface area contributed by atoms with Gasteiger partial charge < -0.3 is 10.3 Å². The molecule has 0 aliphatic carbocycles. The molecule has 3 rings (SSSR count). The van der Waals surface area contributed by atoms with E-state index in [-0.39, 0.29) is 17.1 Å². The van der Waals surface area contributed by atoms with E-state index in [2.05, 4.69) is 21.1 Å². The molecule has 0 spiro atoms. The summed E-state index contributed by atoms with van der Waals surface area (Å²) in [5.74, 6) is 0.0537. The van der Waals surface area contributed by atoms with Gasteiger partial charge in [-0.15, -0.1) is 0 Å². The van der Waals surface area contributed by atoms with Crippen molar-refractivity contribution in [3.63, 3.8) is 0 Å². The van der Waals surface area contributed by atoms with Crippen LogP contribution in [0.15, 0.2) is 51.5 Å². The van der Waals surface area contributed by atoms with Crippen LogP contribution in [0.4, 0.5) is 10.2 Å². The van der Waals surface area contributed by atoms with Crippen molar-refractivity contribution < 1.29 is 8.91 Å². The highest BCUT2D eigenvalue weighted by molar-refractivity contribution is 9.10. The first-order chi connectivity index (χ1) is 10.1. The van der Waals surface area contributed by atoms with Gasteiger partial charge in [0.15, 0.2) is 11.6 Å². The summed E-state index contributed by atoms with van der Waals surface area (Å²) in [6, 6.07) is 11.7. The van der Waals surface area contributed by atoms with E-state index in [1.807, 2.05) is 0 Å². The molecule has 3 nitrogen and oxygen atoms in total. The van der Waals surface area contributed by atoms with Gasteiger partial charge in [0.25, 0.3) is 0 Å². The quantitative estimate of drug-likeness (QED) is 0.682. The van der Waals surface area contributed by atoms with Gasteiger partial charge in [-0.3, -0.25) is 0 Å². The minimum absolute atomic E-state index is 0.197. The maximum absolute atomic E-state index is 14.1.